The quantitative estimate of drug-likeness (QED) is 0.163. The molecule has 0 saturated carbocycles. The number of rotatable bonds is 1. The molecule has 0 atom stereocenters. The van der Waals surface area contributed by atoms with Crippen LogP contribution in [0.2, 0.25) is 0 Å². The second-order valence-corrected chi connectivity index (χ2v) is 11.7. The molecule has 0 aliphatic carbocycles. The Morgan fingerprint density at radius 2 is 0.829 bits per heavy atom. The Morgan fingerprint density at radius 1 is 0.571 bits per heavy atom. The predicted octanol–water partition coefficient (Wildman–Crippen LogP) is 8.15. The van der Waals surface area contributed by atoms with Crippen molar-refractivity contribution in [3.63, 3.8) is 0 Å². The van der Waals surface area contributed by atoms with Crippen LogP contribution in [0.5, 0.6) is 11.5 Å². The summed E-state index contributed by atoms with van der Waals surface area (Å²) in [6, 6.07) is 19.4. The molecule has 0 heterocycles. The Hall–Kier alpha value is -1.24. The molecule has 4 nitrogen and oxygen atoms in total. The molecule has 4 rings (SSSR count). The van der Waals surface area contributed by atoms with Crippen molar-refractivity contribution in [2.45, 2.75) is 52.7 Å². The maximum Gasteiger partial charge on any atom is 0.138 e. The maximum atomic E-state index is 10.8. The first-order valence-corrected chi connectivity index (χ1v) is 12.4. The van der Waals surface area contributed by atoms with E-state index >= 15 is 0 Å². The van der Waals surface area contributed by atoms with Crippen molar-refractivity contribution in [1.82, 2.24) is 0 Å². The maximum absolute atomic E-state index is 10.8. The largest absolute Gasteiger partial charge is 0.506 e. The summed E-state index contributed by atoms with van der Waals surface area (Å²) in [6.45, 7) is 10.5. The number of hydrogen-bond acceptors (Lipinski definition) is 4. The van der Waals surface area contributed by atoms with Gasteiger partial charge in [0.15, 0.2) is 0 Å². The molecule has 7 heteroatoms. The SMILES string of the molecule is CC(C)(C)O.CC(C)(C)O.Oc1c(Br)cc2ccccc2c1-c1c(O)c(Br)cc2ccccc12.[Zr]. The van der Waals surface area contributed by atoms with E-state index in [9.17, 15) is 10.2 Å². The van der Waals surface area contributed by atoms with Gasteiger partial charge in [0.1, 0.15) is 11.5 Å². The minimum Gasteiger partial charge on any atom is -0.506 e. The number of halogens is 2. The number of phenolic OH excluding ortho intramolecular Hbond substituents is 2. The van der Waals surface area contributed by atoms with Gasteiger partial charge in [-0.15, -0.1) is 0 Å². The Labute approximate surface area is 243 Å². The van der Waals surface area contributed by atoms with Gasteiger partial charge in [-0.2, -0.15) is 0 Å². The minimum absolute atomic E-state index is 0. The second kappa shape index (κ2) is 12.8. The third-order valence-electron chi connectivity index (χ3n) is 4.20. The van der Waals surface area contributed by atoms with Crippen LogP contribution in [0, 0.1) is 0 Å². The van der Waals surface area contributed by atoms with Gasteiger partial charge in [0, 0.05) is 37.3 Å². The molecular weight excluding hydrogens is 651 g/mol. The van der Waals surface area contributed by atoms with Gasteiger partial charge in [0.2, 0.25) is 0 Å². The molecule has 4 aromatic carbocycles. The van der Waals surface area contributed by atoms with E-state index in [4.69, 9.17) is 10.2 Å². The summed E-state index contributed by atoms with van der Waals surface area (Å²) in [4.78, 5) is 0. The first kappa shape index (κ1) is 31.8. The summed E-state index contributed by atoms with van der Waals surface area (Å²) in [5.74, 6) is 0.236. The molecule has 0 saturated heterocycles. The van der Waals surface area contributed by atoms with E-state index < -0.39 is 11.2 Å². The number of phenols is 2. The Balaban J connectivity index is 0.000000476. The fraction of sp³-hybridized carbons (Fsp3) is 0.286. The van der Waals surface area contributed by atoms with Crippen LogP contribution in [-0.4, -0.2) is 31.6 Å². The molecular formula is C28H32Br2O4Zr. The van der Waals surface area contributed by atoms with Gasteiger partial charge >= 0.3 is 0 Å². The minimum atomic E-state index is -0.500. The predicted molar refractivity (Wildman–Crippen MR) is 150 cm³/mol. The average Bonchev–Trinajstić information content (AvgIpc) is 2.69. The molecule has 0 aliphatic rings. The summed E-state index contributed by atoms with van der Waals surface area (Å²) in [7, 11) is 0. The van der Waals surface area contributed by atoms with Gasteiger partial charge in [-0.1, -0.05) is 48.5 Å². The van der Waals surface area contributed by atoms with Crippen molar-refractivity contribution < 1.29 is 46.6 Å². The fourth-order valence-electron chi connectivity index (χ4n) is 3.11. The van der Waals surface area contributed by atoms with Crippen LogP contribution in [0.1, 0.15) is 41.5 Å². The monoisotopic (exact) mass is 680 g/mol. The molecule has 4 N–H and O–H groups in total. The fourth-order valence-corrected chi connectivity index (χ4v) is 4.00. The zero-order chi connectivity index (χ0) is 25.8. The van der Waals surface area contributed by atoms with E-state index in [1.807, 2.05) is 60.7 Å². The standard InChI is InChI=1S/C20H12Br2O2.2C4H10O.Zr/c21-15-9-11-5-1-3-7-13(11)17(19(15)23)18-14-8-4-2-6-12(14)10-16(22)20(18)24;2*1-4(2,3)5;/h1-10,23-24H;2*5H,1-3H3;. The van der Waals surface area contributed by atoms with Crippen LogP contribution >= 0.6 is 31.9 Å². The molecule has 0 bridgehead atoms. The molecule has 0 amide bonds. The van der Waals surface area contributed by atoms with Gasteiger partial charge in [-0.05, 0) is 107 Å². The number of benzene rings is 4. The van der Waals surface area contributed by atoms with Crippen molar-refractivity contribution in [1.29, 1.82) is 0 Å². The van der Waals surface area contributed by atoms with Crippen LogP contribution in [0.3, 0.4) is 0 Å². The first-order valence-electron chi connectivity index (χ1n) is 10.8. The van der Waals surface area contributed by atoms with Crippen LogP contribution < -0.4 is 0 Å². The average molecular weight is 684 g/mol. The number of hydrogen-bond donors (Lipinski definition) is 4. The molecule has 0 spiro atoms. The zero-order valence-corrected chi connectivity index (χ0v) is 26.4. The van der Waals surface area contributed by atoms with E-state index in [0.717, 1.165) is 21.5 Å². The second-order valence-electron chi connectivity index (χ2n) is 9.95. The van der Waals surface area contributed by atoms with Gasteiger partial charge < -0.3 is 20.4 Å². The molecule has 35 heavy (non-hydrogen) atoms. The Kier molecular flexibility index (Phi) is 11.7. The zero-order valence-electron chi connectivity index (χ0n) is 20.8. The molecule has 0 unspecified atom stereocenters. The van der Waals surface area contributed by atoms with E-state index in [1.165, 1.54) is 0 Å². The van der Waals surface area contributed by atoms with Gasteiger partial charge in [-0.3, -0.25) is 0 Å². The van der Waals surface area contributed by atoms with Gasteiger partial charge in [0.05, 0.1) is 20.1 Å². The van der Waals surface area contributed by atoms with Gasteiger partial charge in [0.25, 0.3) is 0 Å². The molecule has 0 radical (unpaired) electrons. The van der Waals surface area contributed by atoms with Crippen LogP contribution in [0.15, 0.2) is 69.6 Å². The number of aliphatic hydroxyl groups is 2. The summed E-state index contributed by atoms with van der Waals surface area (Å²) < 4.78 is 1.19. The third-order valence-corrected chi connectivity index (χ3v) is 5.41. The normalized spacial score (nSPS) is 11.1. The Bertz CT molecular complexity index is 1180. The summed E-state index contributed by atoms with van der Waals surface area (Å²) in [5, 5.41) is 42.3. The number of aromatic hydroxyl groups is 2. The van der Waals surface area contributed by atoms with Crippen molar-refractivity contribution in [2.75, 3.05) is 0 Å². The van der Waals surface area contributed by atoms with Crippen molar-refractivity contribution >= 4 is 53.4 Å². The topological polar surface area (TPSA) is 80.9 Å². The van der Waals surface area contributed by atoms with Crippen LogP contribution in [0.25, 0.3) is 32.7 Å². The first-order chi connectivity index (χ1) is 15.6. The molecule has 186 valence electrons. The van der Waals surface area contributed by atoms with Crippen molar-refractivity contribution in [3.8, 4) is 22.6 Å². The molecule has 4 aromatic rings. The third kappa shape index (κ3) is 9.62. The van der Waals surface area contributed by atoms with E-state index in [0.29, 0.717) is 20.1 Å². The molecule has 0 aliphatic heterocycles. The smallest absolute Gasteiger partial charge is 0.138 e. The van der Waals surface area contributed by atoms with Crippen molar-refractivity contribution in [2.24, 2.45) is 0 Å². The van der Waals surface area contributed by atoms with E-state index in [-0.39, 0.29) is 37.7 Å². The van der Waals surface area contributed by atoms with Crippen molar-refractivity contribution in [3.05, 3.63) is 69.6 Å². The summed E-state index contributed by atoms with van der Waals surface area (Å²) in [6.07, 6.45) is 0. The molecule has 0 aromatic heterocycles. The van der Waals surface area contributed by atoms with Crippen LogP contribution in [-0.2, 0) is 26.2 Å². The molecule has 0 fully saturated rings. The number of fused-ring (bicyclic) bond motifs is 2. The Morgan fingerprint density at radius 3 is 1.11 bits per heavy atom. The van der Waals surface area contributed by atoms with Crippen LogP contribution in [0.4, 0.5) is 0 Å². The van der Waals surface area contributed by atoms with E-state index in [2.05, 4.69) is 31.9 Å². The van der Waals surface area contributed by atoms with E-state index in [1.54, 1.807) is 41.5 Å². The van der Waals surface area contributed by atoms with Gasteiger partial charge in [-0.25, -0.2) is 0 Å². The summed E-state index contributed by atoms with van der Waals surface area (Å²) >= 11 is 6.86. The summed E-state index contributed by atoms with van der Waals surface area (Å²) in [5.41, 5.74) is 0.241.